The lowest BCUT2D eigenvalue weighted by atomic mass is 10.1. The molecular formula is C19H23N3O4. The van der Waals surface area contributed by atoms with Crippen LogP contribution in [0.25, 0.3) is 0 Å². The number of aromatic nitrogens is 1. The highest BCUT2D eigenvalue weighted by Gasteiger charge is 2.18. The molecule has 0 fully saturated rings. The number of benzene rings is 1. The van der Waals surface area contributed by atoms with E-state index in [1.807, 2.05) is 25.2 Å². The zero-order valence-electron chi connectivity index (χ0n) is 14.9. The smallest absolute Gasteiger partial charge is 0.326 e. The Bertz CT molecular complexity index is 747. The summed E-state index contributed by atoms with van der Waals surface area (Å²) in [4.78, 5) is 26.7. The van der Waals surface area contributed by atoms with Gasteiger partial charge in [-0.3, -0.25) is 4.79 Å². The summed E-state index contributed by atoms with van der Waals surface area (Å²) in [5, 5.41) is 14.6. The van der Waals surface area contributed by atoms with Crippen LogP contribution >= 0.6 is 0 Å². The summed E-state index contributed by atoms with van der Waals surface area (Å²) in [6.45, 7) is 1.79. The van der Waals surface area contributed by atoms with E-state index in [1.54, 1.807) is 24.3 Å². The number of aliphatic carboxylic acids is 1. The number of nitrogens with zero attached hydrogens (tertiary/aromatic N) is 1. The molecule has 1 aromatic carbocycles. The maximum atomic E-state index is 11.2. The fraction of sp³-hybridized carbons (Fsp3) is 0.316. The lowest BCUT2D eigenvalue weighted by molar-refractivity contribution is -0.141. The van der Waals surface area contributed by atoms with Crippen LogP contribution in [0, 0.1) is 0 Å². The van der Waals surface area contributed by atoms with Crippen molar-refractivity contribution >= 4 is 17.7 Å². The highest BCUT2D eigenvalue weighted by molar-refractivity contribution is 5.82. The first kappa shape index (κ1) is 19.2. The van der Waals surface area contributed by atoms with Gasteiger partial charge in [-0.2, -0.15) is 0 Å². The van der Waals surface area contributed by atoms with Gasteiger partial charge in [0.1, 0.15) is 17.6 Å². The van der Waals surface area contributed by atoms with Crippen LogP contribution in [-0.4, -0.2) is 41.7 Å². The summed E-state index contributed by atoms with van der Waals surface area (Å²) in [6, 6.07) is 12.0. The standard InChI is InChI=1S/C19H23N3O4/c1-13(23)21-17(19(24)25)12-14-6-8-16(9-7-14)26-11-10-15-4-3-5-18(20-2)22-15/h3-9,17H,10-12H2,1-2H3,(H,20,22)(H,21,23)(H,24,25)/t17-/m0/s1. The number of amides is 1. The van der Waals surface area contributed by atoms with Gasteiger partial charge in [0.15, 0.2) is 0 Å². The Labute approximate surface area is 152 Å². The minimum atomic E-state index is -1.06. The largest absolute Gasteiger partial charge is 0.493 e. The van der Waals surface area contributed by atoms with Crippen LogP contribution in [0.4, 0.5) is 5.82 Å². The van der Waals surface area contributed by atoms with Gasteiger partial charge in [0, 0.05) is 32.5 Å². The van der Waals surface area contributed by atoms with E-state index in [4.69, 9.17) is 9.84 Å². The molecule has 2 aromatic rings. The van der Waals surface area contributed by atoms with Gasteiger partial charge in [-0.25, -0.2) is 9.78 Å². The van der Waals surface area contributed by atoms with Crippen molar-refractivity contribution in [2.45, 2.75) is 25.8 Å². The maximum absolute atomic E-state index is 11.2. The number of ether oxygens (including phenoxy) is 1. The van der Waals surface area contributed by atoms with Crippen molar-refractivity contribution < 1.29 is 19.4 Å². The average molecular weight is 357 g/mol. The fourth-order valence-corrected chi connectivity index (χ4v) is 2.43. The van der Waals surface area contributed by atoms with Crippen molar-refractivity contribution in [1.29, 1.82) is 0 Å². The second-order valence-electron chi connectivity index (χ2n) is 5.80. The number of anilines is 1. The van der Waals surface area contributed by atoms with Crippen LogP contribution in [0.2, 0.25) is 0 Å². The molecule has 0 spiro atoms. The zero-order valence-corrected chi connectivity index (χ0v) is 14.9. The molecule has 0 aliphatic heterocycles. The Kier molecular flexibility index (Phi) is 6.96. The Morgan fingerprint density at radius 3 is 2.54 bits per heavy atom. The molecule has 0 saturated carbocycles. The van der Waals surface area contributed by atoms with Gasteiger partial charge in [-0.05, 0) is 29.8 Å². The van der Waals surface area contributed by atoms with Crippen LogP contribution in [0.5, 0.6) is 5.75 Å². The normalized spacial score (nSPS) is 11.5. The Balaban J connectivity index is 1.86. The van der Waals surface area contributed by atoms with Crippen molar-refractivity contribution in [3.63, 3.8) is 0 Å². The number of rotatable bonds is 9. The Hall–Kier alpha value is -3.09. The molecule has 0 saturated heterocycles. The molecule has 1 heterocycles. The van der Waals surface area contributed by atoms with Crippen LogP contribution in [-0.2, 0) is 22.4 Å². The molecule has 0 aliphatic rings. The van der Waals surface area contributed by atoms with Crippen molar-refractivity contribution in [2.24, 2.45) is 0 Å². The first-order chi connectivity index (χ1) is 12.5. The molecule has 0 unspecified atom stereocenters. The number of pyridine rings is 1. The number of hydrogen-bond donors (Lipinski definition) is 3. The maximum Gasteiger partial charge on any atom is 0.326 e. The molecule has 7 heteroatoms. The molecule has 26 heavy (non-hydrogen) atoms. The Morgan fingerprint density at radius 2 is 1.92 bits per heavy atom. The molecule has 1 atom stereocenters. The molecule has 1 amide bonds. The van der Waals surface area contributed by atoms with Gasteiger partial charge in [-0.1, -0.05) is 18.2 Å². The summed E-state index contributed by atoms with van der Waals surface area (Å²) in [7, 11) is 1.82. The average Bonchev–Trinajstić information content (AvgIpc) is 2.62. The monoisotopic (exact) mass is 357 g/mol. The van der Waals surface area contributed by atoms with E-state index in [-0.39, 0.29) is 12.3 Å². The molecular weight excluding hydrogens is 334 g/mol. The van der Waals surface area contributed by atoms with Crippen molar-refractivity contribution in [2.75, 3.05) is 19.0 Å². The van der Waals surface area contributed by atoms with E-state index in [9.17, 15) is 9.59 Å². The summed E-state index contributed by atoms with van der Waals surface area (Å²) in [5.74, 6) is 0.0917. The number of carbonyl (C=O) groups excluding carboxylic acids is 1. The van der Waals surface area contributed by atoms with Crippen LogP contribution < -0.4 is 15.4 Å². The molecule has 2 rings (SSSR count). The van der Waals surface area contributed by atoms with Gasteiger partial charge < -0.3 is 20.5 Å². The van der Waals surface area contributed by atoms with Gasteiger partial charge in [-0.15, -0.1) is 0 Å². The fourth-order valence-electron chi connectivity index (χ4n) is 2.43. The number of nitrogens with one attached hydrogen (secondary N) is 2. The Morgan fingerprint density at radius 1 is 1.19 bits per heavy atom. The number of carboxylic acid groups (broad SMARTS) is 1. The molecule has 0 aliphatic carbocycles. The SMILES string of the molecule is CNc1cccc(CCOc2ccc(C[C@H](NC(C)=O)C(=O)O)cc2)n1. The molecule has 138 valence electrons. The van der Waals surface area contributed by atoms with E-state index in [0.29, 0.717) is 18.8 Å². The second-order valence-corrected chi connectivity index (χ2v) is 5.80. The van der Waals surface area contributed by atoms with Crippen molar-refractivity contribution in [1.82, 2.24) is 10.3 Å². The third-order valence-electron chi connectivity index (χ3n) is 3.73. The minimum Gasteiger partial charge on any atom is -0.493 e. The van der Waals surface area contributed by atoms with Crippen molar-refractivity contribution in [3.8, 4) is 5.75 Å². The third kappa shape index (κ3) is 6.08. The van der Waals surface area contributed by atoms with Crippen LogP contribution in [0.1, 0.15) is 18.2 Å². The van der Waals surface area contributed by atoms with Crippen LogP contribution in [0.3, 0.4) is 0 Å². The summed E-state index contributed by atoms with van der Waals surface area (Å²) < 4.78 is 5.71. The number of hydrogen-bond acceptors (Lipinski definition) is 5. The molecule has 0 radical (unpaired) electrons. The highest BCUT2D eigenvalue weighted by Crippen LogP contribution is 2.14. The quantitative estimate of drug-likeness (QED) is 0.633. The van der Waals surface area contributed by atoms with Gasteiger partial charge in [0.2, 0.25) is 5.91 Å². The summed E-state index contributed by atoms with van der Waals surface area (Å²) in [6.07, 6.45) is 0.900. The lowest BCUT2D eigenvalue weighted by Gasteiger charge is -2.13. The van der Waals surface area contributed by atoms with E-state index in [2.05, 4.69) is 15.6 Å². The summed E-state index contributed by atoms with van der Waals surface area (Å²) in [5.41, 5.74) is 1.75. The third-order valence-corrected chi connectivity index (χ3v) is 3.73. The topological polar surface area (TPSA) is 101 Å². The predicted molar refractivity (Wildman–Crippen MR) is 98.4 cm³/mol. The van der Waals surface area contributed by atoms with Gasteiger partial charge >= 0.3 is 5.97 Å². The number of carbonyl (C=O) groups is 2. The van der Waals surface area contributed by atoms with E-state index < -0.39 is 12.0 Å². The highest BCUT2D eigenvalue weighted by atomic mass is 16.5. The molecule has 1 aromatic heterocycles. The number of carboxylic acids is 1. The summed E-state index contributed by atoms with van der Waals surface area (Å²) >= 11 is 0. The molecule has 0 bridgehead atoms. The van der Waals surface area contributed by atoms with Gasteiger partial charge in [0.25, 0.3) is 0 Å². The van der Waals surface area contributed by atoms with E-state index in [0.717, 1.165) is 17.1 Å². The predicted octanol–water partition coefficient (Wildman–Crippen LogP) is 1.88. The van der Waals surface area contributed by atoms with E-state index in [1.165, 1.54) is 6.92 Å². The molecule has 7 nitrogen and oxygen atoms in total. The van der Waals surface area contributed by atoms with Crippen molar-refractivity contribution in [3.05, 3.63) is 53.7 Å². The zero-order chi connectivity index (χ0) is 18.9. The molecule has 3 N–H and O–H groups in total. The first-order valence-corrected chi connectivity index (χ1v) is 8.33. The minimum absolute atomic E-state index is 0.218. The second kappa shape index (κ2) is 9.41. The first-order valence-electron chi connectivity index (χ1n) is 8.33. The lowest BCUT2D eigenvalue weighted by Crippen LogP contribution is -2.41. The van der Waals surface area contributed by atoms with E-state index >= 15 is 0 Å². The van der Waals surface area contributed by atoms with Crippen LogP contribution in [0.15, 0.2) is 42.5 Å². The van der Waals surface area contributed by atoms with Gasteiger partial charge in [0.05, 0.1) is 6.61 Å².